The van der Waals surface area contributed by atoms with Crippen molar-refractivity contribution < 1.29 is 19.0 Å². The van der Waals surface area contributed by atoms with E-state index in [-0.39, 0.29) is 6.61 Å². The van der Waals surface area contributed by atoms with Gasteiger partial charge >= 0.3 is 5.97 Å². The molecule has 4 nitrogen and oxygen atoms in total. The Bertz CT molecular complexity index is 410. The molecule has 0 saturated carbocycles. The number of esters is 1. The lowest BCUT2D eigenvalue weighted by Crippen LogP contribution is -2.34. The molecule has 0 aliphatic rings. The van der Waals surface area contributed by atoms with Gasteiger partial charge in [-0.15, -0.1) is 0 Å². The number of hydrogen-bond acceptors (Lipinski definition) is 4. The molecule has 33 heavy (non-hydrogen) atoms. The number of hydrogen-bond donors (Lipinski definition) is 0. The first-order valence-corrected chi connectivity index (χ1v) is 16.9. The summed E-state index contributed by atoms with van der Waals surface area (Å²) < 4.78 is 16.3. The van der Waals surface area contributed by atoms with Crippen molar-refractivity contribution >= 4 is 14.0 Å². The van der Waals surface area contributed by atoms with E-state index in [0.29, 0.717) is 19.8 Å². The van der Waals surface area contributed by atoms with Crippen molar-refractivity contribution in [2.45, 2.75) is 128 Å². The van der Waals surface area contributed by atoms with Crippen LogP contribution in [0.3, 0.4) is 0 Å². The molecular weight excluding hydrogens is 428 g/mol. The van der Waals surface area contributed by atoms with Crippen LogP contribution in [0.4, 0.5) is 0 Å². The van der Waals surface area contributed by atoms with Gasteiger partial charge in [-0.2, -0.15) is 0 Å². The number of ether oxygens (including phenoxy) is 3. The lowest BCUT2D eigenvalue weighted by Gasteiger charge is -2.33. The van der Waals surface area contributed by atoms with Gasteiger partial charge in [0.15, 0.2) is 0 Å². The fraction of sp³-hybridized carbons (Fsp3) is 0.893. The first kappa shape index (κ1) is 32.3. The molecule has 0 rings (SSSR count). The molecule has 0 unspecified atom stereocenters. The van der Waals surface area contributed by atoms with Crippen molar-refractivity contribution in [2.24, 2.45) is 0 Å². The van der Waals surface area contributed by atoms with Gasteiger partial charge in [0.2, 0.25) is 0 Å². The van der Waals surface area contributed by atoms with E-state index in [1.165, 1.54) is 114 Å². The Balaban J connectivity index is 4.41. The Morgan fingerprint density at radius 2 is 1.03 bits per heavy atom. The monoisotopic (exact) mass is 484 g/mol. The number of unbranched alkanes of at least 4 members (excludes halogenated alkanes) is 9. The maximum absolute atomic E-state index is 11.0. The zero-order valence-corrected chi connectivity index (χ0v) is 23.5. The molecule has 0 bridgehead atoms. The summed E-state index contributed by atoms with van der Waals surface area (Å²) in [7, 11) is -1.21. The van der Waals surface area contributed by atoms with E-state index in [1.54, 1.807) is 0 Å². The van der Waals surface area contributed by atoms with Crippen LogP contribution in [0.15, 0.2) is 12.7 Å². The highest BCUT2D eigenvalue weighted by molar-refractivity contribution is 6.79. The minimum atomic E-state index is -1.21. The molecule has 0 fully saturated rings. The van der Waals surface area contributed by atoms with Gasteiger partial charge in [0, 0.05) is 12.7 Å². The molecule has 0 amide bonds. The zero-order valence-electron chi connectivity index (χ0n) is 22.5. The summed E-state index contributed by atoms with van der Waals surface area (Å²) in [6.07, 6.45) is 19.2. The third-order valence-electron chi connectivity index (χ3n) is 6.69. The van der Waals surface area contributed by atoms with Crippen LogP contribution in [0.2, 0.25) is 24.2 Å². The molecule has 0 N–H and O–H groups in total. The van der Waals surface area contributed by atoms with E-state index in [2.05, 4.69) is 27.4 Å². The van der Waals surface area contributed by atoms with E-state index in [0.717, 1.165) is 6.61 Å². The molecule has 5 heteroatoms. The Morgan fingerprint density at radius 1 is 0.606 bits per heavy atom. The summed E-state index contributed by atoms with van der Waals surface area (Å²) in [5.41, 5.74) is 0. The normalized spacial score (nSPS) is 11.6. The molecule has 0 aromatic carbocycles. The smallest absolute Gasteiger partial charge is 0.330 e. The topological polar surface area (TPSA) is 44.8 Å². The van der Waals surface area contributed by atoms with Crippen molar-refractivity contribution in [1.82, 2.24) is 0 Å². The Kier molecular flexibility index (Phi) is 24.0. The third-order valence-corrected chi connectivity index (χ3v) is 12.3. The van der Waals surface area contributed by atoms with Crippen molar-refractivity contribution in [1.29, 1.82) is 0 Å². The molecular formula is C28H56O4Si. The summed E-state index contributed by atoms with van der Waals surface area (Å²) in [4.78, 5) is 11.0. The second-order valence-electron chi connectivity index (χ2n) is 9.63. The summed E-state index contributed by atoms with van der Waals surface area (Å²) in [5.74, 6) is -0.401. The lowest BCUT2D eigenvalue weighted by molar-refractivity contribution is -0.139. The fourth-order valence-electron chi connectivity index (χ4n) is 4.66. The minimum Gasteiger partial charge on any atom is -0.460 e. The summed E-state index contributed by atoms with van der Waals surface area (Å²) in [5, 5.41) is 0. The van der Waals surface area contributed by atoms with Gasteiger partial charge in [-0.3, -0.25) is 0 Å². The van der Waals surface area contributed by atoms with Crippen molar-refractivity contribution in [2.75, 3.05) is 33.0 Å². The van der Waals surface area contributed by atoms with Crippen LogP contribution in [0, 0.1) is 0 Å². The van der Waals surface area contributed by atoms with Crippen LogP contribution in [-0.2, 0) is 19.0 Å². The van der Waals surface area contributed by atoms with Gasteiger partial charge in [-0.25, -0.2) is 4.79 Å². The average molecular weight is 485 g/mol. The minimum absolute atomic E-state index is 0.271. The molecule has 0 aliphatic heterocycles. The van der Waals surface area contributed by atoms with Gasteiger partial charge < -0.3 is 14.2 Å². The van der Waals surface area contributed by atoms with Crippen LogP contribution in [0.25, 0.3) is 0 Å². The summed E-state index contributed by atoms with van der Waals surface area (Å²) in [6.45, 7) is 13.0. The average Bonchev–Trinajstić information content (AvgIpc) is 2.83. The first-order chi connectivity index (χ1) is 16.1. The molecule has 0 aromatic rings. The fourth-order valence-corrected chi connectivity index (χ4v) is 10.1. The summed E-state index contributed by atoms with van der Waals surface area (Å²) >= 11 is 0. The maximum Gasteiger partial charge on any atom is 0.330 e. The molecule has 0 spiro atoms. The molecule has 196 valence electrons. The SMILES string of the molecule is C=CC(=O)OCCOCCOCCC[Si](CCCCCC)(CCCCCC)CCCCCC. The molecule has 0 aromatic heterocycles. The Hall–Kier alpha value is -0.653. The van der Waals surface area contributed by atoms with Gasteiger partial charge in [-0.05, 0) is 6.42 Å². The first-order valence-electron chi connectivity index (χ1n) is 14.1. The Morgan fingerprint density at radius 3 is 1.48 bits per heavy atom. The van der Waals surface area contributed by atoms with Crippen molar-refractivity contribution in [3.05, 3.63) is 12.7 Å². The quantitative estimate of drug-likeness (QED) is 0.0535. The van der Waals surface area contributed by atoms with E-state index in [1.807, 2.05) is 0 Å². The van der Waals surface area contributed by atoms with Crippen LogP contribution < -0.4 is 0 Å². The van der Waals surface area contributed by atoms with E-state index >= 15 is 0 Å². The number of carbonyl (C=O) groups is 1. The van der Waals surface area contributed by atoms with Crippen LogP contribution in [0.5, 0.6) is 0 Å². The molecule has 0 radical (unpaired) electrons. The molecule has 0 heterocycles. The predicted octanol–water partition coefficient (Wildman–Crippen LogP) is 8.33. The standard InChI is InChI=1S/C28H56O4Si/c1-5-9-12-15-24-33(25-16-13-10-6-2,26-17-14-11-7-3)27-18-19-30-20-21-31-22-23-32-28(29)8-4/h8H,4-7,9-27H2,1-3H3. The number of rotatable bonds is 26. The second kappa shape index (κ2) is 24.5. The highest BCUT2D eigenvalue weighted by Gasteiger charge is 2.30. The van der Waals surface area contributed by atoms with Gasteiger partial charge in [0.05, 0.1) is 27.9 Å². The van der Waals surface area contributed by atoms with Gasteiger partial charge in [0.25, 0.3) is 0 Å². The molecule has 0 aliphatic carbocycles. The van der Waals surface area contributed by atoms with E-state index in [4.69, 9.17) is 14.2 Å². The highest BCUT2D eigenvalue weighted by Crippen LogP contribution is 2.34. The van der Waals surface area contributed by atoms with Gasteiger partial charge in [-0.1, -0.05) is 129 Å². The number of carbonyl (C=O) groups excluding carboxylic acids is 1. The van der Waals surface area contributed by atoms with E-state index in [9.17, 15) is 4.79 Å². The highest BCUT2D eigenvalue weighted by atomic mass is 28.3. The van der Waals surface area contributed by atoms with Crippen LogP contribution in [0.1, 0.15) is 104 Å². The maximum atomic E-state index is 11.0. The van der Waals surface area contributed by atoms with Crippen molar-refractivity contribution in [3.63, 3.8) is 0 Å². The predicted molar refractivity (Wildman–Crippen MR) is 145 cm³/mol. The largest absolute Gasteiger partial charge is 0.460 e. The van der Waals surface area contributed by atoms with Gasteiger partial charge in [0.1, 0.15) is 6.61 Å². The zero-order chi connectivity index (χ0) is 24.5. The molecule has 0 saturated heterocycles. The van der Waals surface area contributed by atoms with Crippen molar-refractivity contribution in [3.8, 4) is 0 Å². The second-order valence-corrected chi connectivity index (χ2v) is 14.6. The molecule has 0 atom stereocenters. The van der Waals surface area contributed by atoms with E-state index < -0.39 is 14.0 Å². The van der Waals surface area contributed by atoms with Crippen LogP contribution >= 0.6 is 0 Å². The Labute approximate surface area is 207 Å². The summed E-state index contributed by atoms with van der Waals surface area (Å²) in [6, 6.07) is 6.06. The van der Waals surface area contributed by atoms with Crippen LogP contribution in [-0.4, -0.2) is 47.1 Å². The third kappa shape index (κ3) is 20.4. The lowest BCUT2D eigenvalue weighted by atomic mass is 10.2.